The Morgan fingerprint density at radius 1 is 1.21 bits per heavy atom. The molecule has 2 rings (SSSR count). The van der Waals surface area contributed by atoms with Crippen LogP contribution in [0.5, 0.6) is 5.75 Å². The molecule has 2 aromatic rings. The van der Waals surface area contributed by atoms with Crippen molar-refractivity contribution in [3.8, 4) is 5.75 Å². The normalized spacial score (nSPS) is 10.8. The van der Waals surface area contributed by atoms with Crippen molar-refractivity contribution in [2.75, 3.05) is 0 Å². The number of hydrogen-bond donors (Lipinski definition) is 2. The summed E-state index contributed by atoms with van der Waals surface area (Å²) in [5.74, 6) is -1.27. The number of halogens is 3. The van der Waals surface area contributed by atoms with Crippen LogP contribution in [-0.4, -0.2) is 22.2 Å². The van der Waals surface area contributed by atoms with E-state index in [4.69, 9.17) is 34.8 Å². The van der Waals surface area contributed by atoms with Gasteiger partial charge in [0.2, 0.25) is 5.75 Å². The highest BCUT2D eigenvalue weighted by Gasteiger charge is 2.18. The van der Waals surface area contributed by atoms with Crippen LogP contribution in [-0.2, 0) is 0 Å². The Labute approximate surface area is 150 Å². The van der Waals surface area contributed by atoms with Crippen molar-refractivity contribution in [1.29, 1.82) is 0 Å². The van der Waals surface area contributed by atoms with Crippen molar-refractivity contribution >= 4 is 52.6 Å². The summed E-state index contributed by atoms with van der Waals surface area (Å²) in [6.07, 6.45) is 1.02. The first-order valence-electron chi connectivity index (χ1n) is 6.25. The molecule has 0 unspecified atom stereocenters. The lowest BCUT2D eigenvalue weighted by atomic mass is 10.2. The third-order valence-electron chi connectivity index (χ3n) is 2.82. The maximum absolute atomic E-state index is 12.0. The van der Waals surface area contributed by atoms with Gasteiger partial charge >= 0.3 is 5.69 Å². The van der Waals surface area contributed by atoms with Crippen molar-refractivity contribution in [3.05, 3.63) is 66.6 Å². The van der Waals surface area contributed by atoms with E-state index < -0.39 is 22.3 Å². The molecule has 0 aliphatic rings. The number of phenols is 1. The second-order valence-corrected chi connectivity index (χ2v) is 5.72. The number of amides is 1. The summed E-state index contributed by atoms with van der Waals surface area (Å²) >= 11 is 17.4. The monoisotopic (exact) mass is 387 g/mol. The maximum atomic E-state index is 12.0. The molecule has 0 aromatic heterocycles. The van der Waals surface area contributed by atoms with E-state index in [0.717, 1.165) is 12.3 Å². The van der Waals surface area contributed by atoms with Gasteiger partial charge in [-0.05, 0) is 24.3 Å². The zero-order valence-electron chi connectivity index (χ0n) is 11.7. The van der Waals surface area contributed by atoms with Crippen molar-refractivity contribution in [3.63, 3.8) is 0 Å². The summed E-state index contributed by atoms with van der Waals surface area (Å²) in [6, 6.07) is 6.59. The summed E-state index contributed by atoms with van der Waals surface area (Å²) in [5.41, 5.74) is 1.66. The number of carbonyl (C=O) groups excluding carboxylic acids is 1. The minimum absolute atomic E-state index is 0.0326. The zero-order valence-corrected chi connectivity index (χ0v) is 13.9. The highest BCUT2D eigenvalue weighted by molar-refractivity contribution is 6.35. The minimum atomic E-state index is -0.789. The first-order chi connectivity index (χ1) is 11.3. The molecule has 0 heterocycles. The number of benzene rings is 2. The number of phenolic OH excluding ortho intramolecular Hbond substituents is 1. The van der Waals surface area contributed by atoms with E-state index in [-0.39, 0.29) is 21.2 Å². The molecular weight excluding hydrogens is 381 g/mol. The summed E-state index contributed by atoms with van der Waals surface area (Å²) in [6.45, 7) is 0. The van der Waals surface area contributed by atoms with Gasteiger partial charge < -0.3 is 5.11 Å². The molecule has 0 bridgehead atoms. The van der Waals surface area contributed by atoms with Crippen molar-refractivity contribution in [2.45, 2.75) is 0 Å². The van der Waals surface area contributed by atoms with Crippen LogP contribution in [0.15, 0.2) is 35.4 Å². The van der Waals surface area contributed by atoms with Gasteiger partial charge in [0.15, 0.2) is 0 Å². The SMILES string of the molecule is O=C(N/N=C\c1cc(Cl)cc([N+](=O)[O-])c1O)c1cc(Cl)ccc1Cl. The molecule has 1 amide bonds. The van der Waals surface area contributed by atoms with E-state index in [9.17, 15) is 20.0 Å². The minimum Gasteiger partial charge on any atom is -0.502 e. The predicted molar refractivity (Wildman–Crippen MR) is 91.3 cm³/mol. The molecule has 0 spiro atoms. The Morgan fingerprint density at radius 3 is 2.58 bits per heavy atom. The molecule has 0 aliphatic heterocycles. The van der Waals surface area contributed by atoms with Gasteiger partial charge in [-0.1, -0.05) is 34.8 Å². The lowest BCUT2D eigenvalue weighted by molar-refractivity contribution is -0.385. The maximum Gasteiger partial charge on any atom is 0.312 e. The Morgan fingerprint density at radius 2 is 1.92 bits per heavy atom. The molecule has 0 fully saturated rings. The summed E-state index contributed by atoms with van der Waals surface area (Å²) in [7, 11) is 0. The largest absolute Gasteiger partial charge is 0.502 e. The average molecular weight is 389 g/mol. The van der Waals surface area contributed by atoms with Crippen molar-refractivity contribution in [1.82, 2.24) is 5.43 Å². The highest BCUT2D eigenvalue weighted by atomic mass is 35.5. The van der Waals surface area contributed by atoms with Gasteiger partial charge in [0.05, 0.1) is 21.7 Å². The molecule has 2 N–H and O–H groups in total. The second-order valence-electron chi connectivity index (χ2n) is 4.44. The Bertz CT molecular complexity index is 855. The zero-order chi connectivity index (χ0) is 17.9. The van der Waals surface area contributed by atoms with Crippen LogP contribution in [0.25, 0.3) is 0 Å². The molecule has 0 atom stereocenters. The van der Waals surface area contributed by atoms with Crippen LogP contribution < -0.4 is 5.43 Å². The second kappa shape index (κ2) is 7.48. The first kappa shape index (κ1) is 18.0. The average Bonchev–Trinajstić information content (AvgIpc) is 2.52. The lowest BCUT2D eigenvalue weighted by Gasteiger charge is -2.04. The van der Waals surface area contributed by atoms with Gasteiger partial charge in [-0.25, -0.2) is 5.43 Å². The Kier molecular flexibility index (Phi) is 5.61. The first-order valence-corrected chi connectivity index (χ1v) is 7.38. The van der Waals surface area contributed by atoms with Crippen LogP contribution in [0.2, 0.25) is 15.1 Å². The molecular formula is C14H8Cl3N3O4. The number of nitrogens with zero attached hydrogens (tertiary/aromatic N) is 2. The third-order valence-corrected chi connectivity index (χ3v) is 3.61. The van der Waals surface area contributed by atoms with E-state index in [1.807, 2.05) is 0 Å². The number of hydrogen-bond acceptors (Lipinski definition) is 5. The number of rotatable bonds is 4. The predicted octanol–water partition coefficient (Wildman–Crippen LogP) is 4.02. The van der Waals surface area contributed by atoms with Gasteiger partial charge in [0.25, 0.3) is 5.91 Å². The fourth-order valence-corrected chi connectivity index (χ4v) is 2.33. The number of nitrogens with one attached hydrogen (secondary N) is 1. The van der Waals surface area contributed by atoms with Gasteiger partial charge in [-0.3, -0.25) is 14.9 Å². The standard InChI is InChI=1S/C14H8Cl3N3O4/c15-8-1-2-11(17)10(4-8)14(22)19-18-6-7-3-9(16)5-12(13(7)21)20(23)24/h1-6,21H,(H,19,22)/b18-6-. The van der Waals surface area contributed by atoms with Crippen LogP contribution in [0, 0.1) is 10.1 Å². The molecule has 24 heavy (non-hydrogen) atoms. The molecule has 0 saturated heterocycles. The lowest BCUT2D eigenvalue weighted by Crippen LogP contribution is -2.18. The van der Waals surface area contributed by atoms with E-state index in [0.29, 0.717) is 5.02 Å². The molecule has 7 nitrogen and oxygen atoms in total. The summed E-state index contributed by atoms with van der Waals surface area (Å²) < 4.78 is 0. The highest BCUT2D eigenvalue weighted by Crippen LogP contribution is 2.32. The molecule has 124 valence electrons. The summed E-state index contributed by atoms with van der Waals surface area (Å²) in [5, 5.41) is 24.8. The van der Waals surface area contributed by atoms with Crippen molar-refractivity contribution < 1.29 is 14.8 Å². The van der Waals surface area contributed by atoms with Crippen LogP contribution in [0.4, 0.5) is 5.69 Å². The Balaban J connectivity index is 2.22. The smallest absolute Gasteiger partial charge is 0.312 e. The van der Waals surface area contributed by atoms with Gasteiger partial charge in [0, 0.05) is 21.7 Å². The van der Waals surface area contributed by atoms with E-state index in [1.54, 1.807) is 0 Å². The van der Waals surface area contributed by atoms with Crippen molar-refractivity contribution in [2.24, 2.45) is 5.10 Å². The molecule has 0 aliphatic carbocycles. The van der Waals surface area contributed by atoms with Crippen LogP contribution >= 0.6 is 34.8 Å². The third kappa shape index (κ3) is 4.14. The van der Waals surface area contributed by atoms with Crippen LogP contribution in [0.1, 0.15) is 15.9 Å². The van der Waals surface area contributed by atoms with E-state index in [2.05, 4.69) is 10.5 Å². The fraction of sp³-hybridized carbons (Fsp3) is 0. The number of nitro groups is 1. The van der Waals surface area contributed by atoms with E-state index in [1.165, 1.54) is 24.3 Å². The van der Waals surface area contributed by atoms with Gasteiger partial charge in [-0.2, -0.15) is 5.10 Å². The Hall–Kier alpha value is -2.35. The molecule has 0 radical (unpaired) electrons. The number of hydrazone groups is 1. The number of nitro benzene ring substituents is 1. The molecule has 10 heteroatoms. The topological polar surface area (TPSA) is 105 Å². The van der Waals surface area contributed by atoms with Crippen LogP contribution in [0.3, 0.4) is 0 Å². The van der Waals surface area contributed by atoms with Gasteiger partial charge in [-0.15, -0.1) is 0 Å². The number of aromatic hydroxyl groups is 1. The molecule has 0 saturated carbocycles. The molecule has 2 aromatic carbocycles. The van der Waals surface area contributed by atoms with E-state index >= 15 is 0 Å². The fourth-order valence-electron chi connectivity index (χ4n) is 1.74. The summed E-state index contributed by atoms with van der Waals surface area (Å²) in [4.78, 5) is 22.0. The van der Waals surface area contributed by atoms with Gasteiger partial charge in [0.1, 0.15) is 0 Å². The number of carbonyl (C=O) groups is 1. The quantitative estimate of drug-likeness (QED) is 0.469.